The van der Waals surface area contributed by atoms with Crippen molar-refractivity contribution in [3.05, 3.63) is 57.6 Å². The first-order valence-corrected chi connectivity index (χ1v) is 10.4. The Bertz CT molecular complexity index is 1060. The third kappa shape index (κ3) is 4.92. The Labute approximate surface area is 185 Å². The van der Waals surface area contributed by atoms with Crippen LogP contribution in [0.25, 0.3) is 0 Å². The highest BCUT2D eigenvalue weighted by Gasteiger charge is 2.17. The maximum absolute atomic E-state index is 6.30. The van der Waals surface area contributed by atoms with Crippen molar-refractivity contribution in [2.24, 2.45) is 0 Å². The number of morpholine rings is 1. The number of benzene rings is 2. The van der Waals surface area contributed by atoms with E-state index in [0.717, 1.165) is 5.69 Å². The quantitative estimate of drug-likeness (QED) is 0.565. The lowest BCUT2D eigenvalue weighted by molar-refractivity contribution is 0.122. The van der Waals surface area contributed by atoms with Gasteiger partial charge in [-0.05, 0) is 55.3 Å². The van der Waals surface area contributed by atoms with E-state index in [9.17, 15) is 0 Å². The van der Waals surface area contributed by atoms with Crippen LogP contribution in [0.1, 0.15) is 11.1 Å². The number of ether oxygens (including phenoxy) is 1. The number of hydrogen-bond acceptors (Lipinski definition) is 7. The summed E-state index contributed by atoms with van der Waals surface area (Å²) in [5, 5.41) is 7.54. The summed E-state index contributed by atoms with van der Waals surface area (Å²) in [5.41, 5.74) is 3.94. The summed E-state index contributed by atoms with van der Waals surface area (Å²) in [6.45, 7) is 6.84. The number of aromatic nitrogens is 3. The van der Waals surface area contributed by atoms with Crippen LogP contribution < -0.4 is 15.5 Å². The van der Waals surface area contributed by atoms with Gasteiger partial charge in [0, 0.05) is 23.8 Å². The summed E-state index contributed by atoms with van der Waals surface area (Å²) < 4.78 is 5.45. The minimum Gasteiger partial charge on any atom is -0.378 e. The molecule has 0 bridgehead atoms. The number of rotatable bonds is 5. The molecule has 0 radical (unpaired) electrons. The minimum absolute atomic E-state index is 0.377. The van der Waals surface area contributed by atoms with Crippen LogP contribution in [-0.4, -0.2) is 41.3 Å². The number of aryl methyl sites for hydroxylation is 2. The summed E-state index contributed by atoms with van der Waals surface area (Å²) in [7, 11) is 0. The first kappa shape index (κ1) is 20.7. The molecule has 0 atom stereocenters. The van der Waals surface area contributed by atoms with Crippen molar-refractivity contribution in [1.82, 2.24) is 15.0 Å². The van der Waals surface area contributed by atoms with Crippen LogP contribution in [0, 0.1) is 13.8 Å². The molecule has 0 saturated carbocycles. The van der Waals surface area contributed by atoms with Gasteiger partial charge in [0.05, 0.1) is 23.9 Å². The first-order chi connectivity index (χ1) is 14.5. The lowest BCUT2D eigenvalue weighted by atomic mass is 10.1. The number of anilines is 5. The van der Waals surface area contributed by atoms with Crippen LogP contribution >= 0.6 is 23.2 Å². The van der Waals surface area contributed by atoms with Gasteiger partial charge in [-0.15, -0.1) is 0 Å². The number of nitrogens with one attached hydrogen (secondary N) is 2. The van der Waals surface area contributed by atoms with Gasteiger partial charge in [-0.3, -0.25) is 0 Å². The largest absolute Gasteiger partial charge is 0.378 e. The molecule has 0 amide bonds. The highest BCUT2D eigenvalue weighted by atomic mass is 35.5. The van der Waals surface area contributed by atoms with Crippen molar-refractivity contribution in [3.8, 4) is 0 Å². The van der Waals surface area contributed by atoms with Gasteiger partial charge in [0.1, 0.15) is 0 Å². The number of nitrogens with zero attached hydrogens (tertiary/aromatic N) is 4. The summed E-state index contributed by atoms with van der Waals surface area (Å²) in [6.07, 6.45) is 0. The smallest absolute Gasteiger partial charge is 0.233 e. The third-order valence-electron chi connectivity index (χ3n) is 4.86. The van der Waals surface area contributed by atoms with Crippen LogP contribution in [-0.2, 0) is 4.74 Å². The molecule has 0 spiro atoms. The minimum atomic E-state index is 0.377. The average molecular weight is 445 g/mol. The Morgan fingerprint density at radius 3 is 2.33 bits per heavy atom. The fourth-order valence-electron chi connectivity index (χ4n) is 3.04. The number of hydrogen-bond donors (Lipinski definition) is 2. The standard InChI is InChI=1S/C21H22Cl2N6O/c1-13-3-5-16(11-14(13)2)24-19-26-20(25-18-12-15(22)4-6-17(18)23)28-21(27-19)29-7-9-30-10-8-29/h3-6,11-12H,7-10H2,1-2H3,(H2,24,25,26,27,28). The molecule has 3 aromatic rings. The van der Waals surface area contributed by atoms with Crippen LogP contribution in [0.5, 0.6) is 0 Å². The molecule has 1 aliphatic rings. The van der Waals surface area contributed by atoms with E-state index in [1.807, 2.05) is 6.07 Å². The van der Waals surface area contributed by atoms with Crippen LogP contribution in [0.15, 0.2) is 36.4 Å². The lowest BCUT2D eigenvalue weighted by Gasteiger charge is -2.27. The topological polar surface area (TPSA) is 75.2 Å². The van der Waals surface area contributed by atoms with Crippen molar-refractivity contribution in [2.45, 2.75) is 13.8 Å². The van der Waals surface area contributed by atoms with Gasteiger partial charge in [0.2, 0.25) is 17.8 Å². The van der Waals surface area contributed by atoms with Gasteiger partial charge in [0.15, 0.2) is 0 Å². The van der Waals surface area contributed by atoms with E-state index in [-0.39, 0.29) is 0 Å². The molecule has 1 aliphatic heterocycles. The van der Waals surface area contributed by atoms with Crippen molar-refractivity contribution < 1.29 is 4.74 Å². The molecule has 9 heteroatoms. The summed E-state index contributed by atoms with van der Waals surface area (Å²) in [5.74, 6) is 1.39. The molecular formula is C21H22Cl2N6O. The fraction of sp³-hybridized carbons (Fsp3) is 0.286. The molecule has 0 aliphatic carbocycles. The van der Waals surface area contributed by atoms with Crippen molar-refractivity contribution in [3.63, 3.8) is 0 Å². The Morgan fingerprint density at radius 2 is 1.60 bits per heavy atom. The normalized spacial score (nSPS) is 13.9. The van der Waals surface area contributed by atoms with E-state index >= 15 is 0 Å². The molecule has 2 aromatic carbocycles. The van der Waals surface area contributed by atoms with Gasteiger partial charge in [0.25, 0.3) is 0 Å². The van der Waals surface area contributed by atoms with Gasteiger partial charge < -0.3 is 20.3 Å². The predicted molar refractivity (Wildman–Crippen MR) is 122 cm³/mol. The highest BCUT2D eigenvalue weighted by Crippen LogP contribution is 2.28. The van der Waals surface area contributed by atoms with Crippen LogP contribution in [0.4, 0.5) is 29.2 Å². The monoisotopic (exact) mass is 444 g/mol. The fourth-order valence-corrected chi connectivity index (χ4v) is 3.38. The second-order valence-electron chi connectivity index (χ2n) is 7.06. The Kier molecular flexibility index (Phi) is 6.22. The SMILES string of the molecule is Cc1ccc(Nc2nc(Nc3cc(Cl)ccc3Cl)nc(N3CCOCC3)n2)cc1C. The zero-order chi connectivity index (χ0) is 21.1. The molecule has 1 fully saturated rings. The molecule has 2 N–H and O–H groups in total. The maximum atomic E-state index is 6.30. The summed E-state index contributed by atoms with van der Waals surface area (Å²) in [6, 6.07) is 11.3. The third-order valence-corrected chi connectivity index (χ3v) is 5.42. The van der Waals surface area contributed by atoms with E-state index in [2.05, 4.69) is 56.5 Å². The zero-order valence-corrected chi connectivity index (χ0v) is 18.3. The molecule has 0 unspecified atom stereocenters. The molecule has 1 aromatic heterocycles. The van der Waals surface area contributed by atoms with Gasteiger partial charge in [-0.25, -0.2) is 0 Å². The molecule has 1 saturated heterocycles. The van der Waals surface area contributed by atoms with Crippen LogP contribution in [0.2, 0.25) is 10.0 Å². The zero-order valence-electron chi connectivity index (χ0n) is 16.7. The van der Waals surface area contributed by atoms with Gasteiger partial charge >= 0.3 is 0 Å². The van der Waals surface area contributed by atoms with E-state index < -0.39 is 0 Å². The van der Waals surface area contributed by atoms with Gasteiger partial charge in [-0.2, -0.15) is 15.0 Å². The highest BCUT2D eigenvalue weighted by molar-refractivity contribution is 6.35. The summed E-state index contributed by atoms with van der Waals surface area (Å²) in [4.78, 5) is 15.8. The van der Waals surface area contributed by atoms with E-state index in [1.54, 1.807) is 18.2 Å². The average Bonchev–Trinajstić information content (AvgIpc) is 2.74. The molecule has 156 valence electrons. The summed E-state index contributed by atoms with van der Waals surface area (Å²) >= 11 is 12.4. The Hall–Kier alpha value is -2.61. The second kappa shape index (κ2) is 9.04. The van der Waals surface area contributed by atoms with Crippen LogP contribution in [0.3, 0.4) is 0 Å². The van der Waals surface area contributed by atoms with Crippen molar-refractivity contribution >= 4 is 52.4 Å². The molecular weight excluding hydrogens is 423 g/mol. The van der Waals surface area contributed by atoms with E-state index in [4.69, 9.17) is 27.9 Å². The molecule has 4 rings (SSSR count). The molecule has 30 heavy (non-hydrogen) atoms. The Balaban J connectivity index is 1.68. The van der Waals surface area contributed by atoms with Gasteiger partial charge in [-0.1, -0.05) is 29.3 Å². The lowest BCUT2D eigenvalue weighted by Crippen LogP contribution is -2.37. The maximum Gasteiger partial charge on any atom is 0.233 e. The van der Waals surface area contributed by atoms with E-state index in [0.29, 0.717) is 59.9 Å². The van der Waals surface area contributed by atoms with Crippen molar-refractivity contribution in [2.75, 3.05) is 41.8 Å². The predicted octanol–water partition coefficient (Wildman–Crippen LogP) is 5.12. The molecule has 7 nitrogen and oxygen atoms in total. The second-order valence-corrected chi connectivity index (χ2v) is 7.90. The van der Waals surface area contributed by atoms with E-state index in [1.165, 1.54) is 11.1 Å². The number of halogens is 2. The van der Waals surface area contributed by atoms with Crippen molar-refractivity contribution in [1.29, 1.82) is 0 Å². The Morgan fingerprint density at radius 1 is 0.867 bits per heavy atom. The first-order valence-electron chi connectivity index (χ1n) is 9.63. The molecule has 2 heterocycles.